The van der Waals surface area contributed by atoms with Gasteiger partial charge >= 0.3 is 12.1 Å². The molecular formula is C37H36Cl2F2N3O6+. The SMILES string of the molecule is COc1ccc([C@H](Cc2c(Cl)c[nH+]cc2Cl)OC(=O)c2cc(CN(C(=O)O[C@H]3CN4CCC3CC4)c3ccccc3F)ccc2F)cc1OC. The molecule has 4 aromatic rings. The summed E-state index contributed by atoms with van der Waals surface area (Å²) >= 11 is 12.9. The van der Waals surface area contributed by atoms with Gasteiger partial charge in [0.05, 0.1) is 32.0 Å². The largest absolute Gasteiger partial charge is 0.493 e. The van der Waals surface area contributed by atoms with Gasteiger partial charge in [0.25, 0.3) is 0 Å². The number of methoxy groups -OCH3 is 2. The van der Waals surface area contributed by atoms with Gasteiger partial charge in [-0.15, -0.1) is 0 Å². The van der Waals surface area contributed by atoms with Gasteiger partial charge in [0.1, 0.15) is 33.9 Å². The van der Waals surface area contributed by atoms with Crippen molar-refractivity contribution in [2.75, 3.05) is 38.8 Å². The Morgan fingerprint density at radius 3 is 2.32 bits per heavy atom. The highest BCUT2D eigenvalue weighted by molar-refractivity contribution is 6.35. The number of para-hydroxylation sites is 1. The van der Waals surface area contributed by atoms with Gasteiger partial charge < -0.3 is 18.9 Å². The third kappa shape index (κ3) is 7.80. The van der Waals surface area contributed by atoms with Gasteiger partial charge in [0, 0.05) is 18.5 Å². The first kappa shape index (κ1) is 35.4. The van der Waals surface area contributed by atoms with E-state index < -0.39 is 29.8 Å². The molecule has 3 saturated heterocycles. The maximum Gasteiger partial charge on any atom is 0.415 e. The highest BCUT2D eigenvalue weighted by atomic mass is 35.5. The van der Waals surface area contributed by atoms with Crippen LogP contribution in [0.3, 0.4) is 0 Å². The van der Waals surface area contributed by atoms with Crippen molar-refractivity contribution in [2.24, 2.45) is 5.92 Å². The van der Waals surface area contributed by atoms with E-state index in [2.05, 4.69) is 9.88 Å². The van der Waals surface area contributed by atoms with Crippen molar-refractivity contribution >= 4 is 41.0 Å². The Morgan fingerprint density at radius 1 is 0.940 bits per heavy atom. The van der Waals surface area contributed by atoms with E-state index in [1.807, 2.05) is 0 Å². The van der Waals surface area contributed by atoms with E-state index in [0.29, 0.717) is 44.8 Å². The van der Waals surface area contributed by atoms with Crippen molar-refractivity contribution < 1.29 is 42.3 Å². The zero-order valence-corrected chi connectivity index (χ0v) is 29.0. The number of carbonyl (C=O) groups is 2. The Hall–Kier alpha value is -4.45. The molecule has 1 N–H and O–H groups in total. The molecule has 0 radical (unpaired) electrons. The first-order valence-corrected chi connectivity index (χ1v) is 16.9. The number of aromatic amines is 1. The van der Waals surface area contributed by atoms with Crippen LogP contribution in [0.15, 0.2) is 73.1 Å². The minimum atomic E-state index is -0.991. The summed E-state index contributed by atoms with van der Waals surface area (Å²) < 4.78 is 53.2. The number of aromatic nitrogens is 1. The number of benzene rings is 3. The molecule has 0 saturated carbocycles. The molecule has 3 aliphatic rings. The van der Waals surface area contributed by atoms with Crippen LogP contribution < -0.4 is 19.4 Å². The number of nitrogens with one attached hydrogen (secondary N) is 1. The van der Waals surface area contributed by atoms with E-state index in [0.717, 1.165) is 36.9 Å². The van der Waals surface area contributed by atoms with E-state index in [-0.39, 0.29) is 36.2 Å². The lowest BCUT2D eigenvalue weighted by atomic mass is 9.86. The molecule has 50 heavy (non-hydrogen) atoms. The number of ether oxygens (including phenoxy) is 4. The van der Waals surface area contributed by atoms with Crippen LogP contribution in [-0.4, -0.2) is 56.9 Å². The van der Waals surface area contributed by atoms with Crippen LogP contribution in [0.25, 0.3) is 0 Å². The Bertz CT molecular complexity index is 1850. The zero-order valence-electron chi connectivity index (χ0n) is 27.5. The fourth-order valence-electron chi connectivity index (χ4n) is 6.50. The number of amides is 1. The predicted molar refractivity (Wildman–Crippen MR) is 183 cm³/mol. The van der Waals surface area contributed by atoms with Crippen molar-refractivity contribution in [3.05, 3.63) is 117 Å². The number of esters is 1. The average molecular weight is 728 g/mol. The quantitative estimate of drug-likeness (QED) is 0.148. The average Bonchev–Trinajstić information content (AvgIpc) is 3.12. The molecule has 13 heteroatoms. The fraction of sp³-hybridized carbons (Fsp3) is 0.324. The van der Waals surface area contributed by atoms with E-state index in [1.165, 1.54) is 44.6 Å². The van der Waals surface area contributed by atoms with Gasteiger partial charge in [-0.2, -0.15) is 0 Å². The summed E-state index contributed by atoms with van der Waals surface area (Å²) in [7, 11) is 2.97. The Labute approximate surface area is 298 Å². The third-order valence-electron chi connectivity index (χ3n) is 9.22. The Morgan fingerprint density at radius 2 is 1.66 bits per heavy atom. The van der Waals surface area contributed by atoms with Gasteiger partial charge in [0.2, 0.25) is 0 Å². The van der Waals surface area contributed by atoms with Gasteiger partial charge in [0.15, 0.2) is 23.9 Å². The number of halogens is 4. The minimum absolute atomic E-state index is 0.00499. The molecule has 7 rings (SSSR count). The zero-order chi connectivity index (χ0) is 35.4. The third-order valence-corrected chi connectivity index (χ3v) is 9.89. The summed E-state index contributed by atoms with van der Waals surface area (Å²) in [6, 6.07) is 14.7. The maximum atomic E-state index is 15.4. The highest BCUT2D eigenvalue weighted by Crippen LogP contribution is 2.36. The molecule has 4 heterocycles. The number of hydrogen-bond donors (Lipinski definition) is 0. The maximum absolute atomic E-state index is 15.4. The number of pyridine rings is 1. The lowest BCUT2D eigenvalue weighted by molar-refractivity contribution is -0.377. The number of nitrogens with zero attached hydrogens (tertiary/aromatic N) is 2. The van der Waals surface area contributed by atoms with Crippen LogP contribution in [0, 0.1) is 17.6 Å². The van der Waals surface area contributed by atoms with Crippen molar-refractivity contribution in [1.29, 1.82) is 0 Å². The molecule has 3 aliphatic heterocycles. The topological polar surface area (TPSA) is 91.7 Å². The van der Waals surface area contributed by atoms with Gasteiger partial charge in [-0.25, -0.2) is 23.4 Å². The predicted octanol–water partition coefficient (Wildman–Crippen LogP) is 7.48. The lowest BCUT2D eigenvalue weighted by Gasteiger charge is -2.44. The minimum Gasteiger partial charge on any atom is -0.493 e. The fourth-order valence-corrected chi connectivity index (χ4v) is 7.03. The van der Waals surface area contributed by atoms with Crippen molar-refractivity contribution in [2.45, 2.75) is 38.0 Å². The summed E-state index contributed by atoms with van der Waals surface area (Å²) in [6.07, 6.45) is 2.93. The number of hydrogen-bond acceptors (Lipinski definition) is 7. The molecule has 3 aromatic carbocycles. The lowest BCUT2D eigenvalue weighted by Crippen LogP contribution is -2.53. The van der Waals surface area contributed by atoms with Crippen LogP contribution in [-0.2, 0) is 22.4 Å². The standard InChI is InChI=1S/C37H35Cl2F2N3O6/c1-47-32-10-8-24(16-34(32)48-2)33(17-25-27(38)18-42-19-28(25)39)49-36(45)26-15-22(7-9-29(26)40)20-44(31-6-4-3-5-30(31)41)37(46)50-35-21-43-13-11-23(35)12-14-43/h3-10,15-16,18-19,23,33,35H,11-14,17,20-21H2,1-2H3/p+1/t33-,35-/m0/s1. The van der Waals surface area contributed by atoms with Crippen LogP contribution in [0.2, 0.25) is 10.0 Å². The number of anilines is 1. The molecule has 0 unspecified atom stereocenters. The molecule has 2 atom stereocenters. The first-order chi connectivity index (χ1) is 24.1. The van der Waals surface area contributed by atoms with E-state index >= 15 is 8.78 Å². The monoisotopic (exact) mass is 726 g/mol. The number of carbonyl (C=O) groups excluding carboxylic acids is 2. The molecule has 1 amide bonds. The highest BCUT2D eigenvalue weighted by Gasteiger charge is 2.38. The summed E-state index contributed by atoms with van der Waals surface area (Å²) in [5.74, 6) is -1.38. The number of piperidine rings is 3. The summed E-state index contributed by atoms with van der Waals surface area (Å²) in [4.78, 5) is 33.7. The van der Waals surface area contributed by atoms with Gasteiger partial charge in [-0.1, -0.05) is 47.5 Å². The van der Waals surface area contributed by atoms with Crippen molar-refractivity contribution in [3.63, 3.8) is 0 Å². The Kier molecular flexibility index (Phi) is 11.1. The van der Waals surface area contributed by atoms with Crippen LogP contribution in [0.5, 0.6) is 11.5 Å². The molecule has 262 valence electrons. The number of rotatable bonds is 11. The summed E-state index contributed by atoms with van der Waals surface area (Å²) in [5, 5.41) is 0.621. The molecule has 1 aromatic heterocycles. The molecule has 0 spiro atoms. The smallest absolute Gasteiger partial charge is 0.415 e. The second-order valence-electron chi connectivity index (χ2n) is 12.3. The molecular weight excluding hydrogens is 691 g/mol. The van der Waals surface area contributed by atoms with Crippen LogP contribution in [0.1, 0.15) is 46.0 Å². The number of fused-ring (bicyclic) bond motifs is 3. The van der Waals surface area contributed by atoms with Crippen LogP contribution >= 0.6 is 23.2 Å². The van der Waals surface area contributed by atoms with Crippen molar-refractivity contribution in [3.8, 4) is 11.5 Å². The summed E-state index contributed by atoms with van der Waals surface area (Å²) in [6.45, 7) is 2.33. The second-order valence-corrected chi connectivity index (χ2v) is 13.1. The Balaban J connectivity index is 1.28. The van der Waals surface area contributed by atoms with E-state index in [9.17, 15) is 9.59 Å². The van der Waals surface area contributed by atoms with E-state index in [1.54, 1.807) is 36.7 Å². The molecule has 2 bridgehead atoms. The van der Waals surface area contributed by atoms with E-state index in [4.69, 9.17) is 42.1 Å². The van der Waals surface area contributed by atoms with Gasteiger partial charge in [-0.05, 0) is 79.4 Å². The summed E-state index contributed by atoms with van der Waals surface area (Å²) in [5.41, 5.74) is 0.963. The molecule has 3 fully saturated rings. The number of H-pyrrole nitrogens is 1. The molecule has 9 nitrogen and oxygen atoms in total. The van der Waals surface area contributed by atoms with Crippen LogP contribution in [0.4, 0.5) is 19.3 Å². The van der Waals surface area contributed by atoms with Crippen molar-refractivity contribution in [1.82, 2.24) is 4.90 Å². The van der Waals surface area contributed by atoms with Gasteiger partial charge in [-0.3, -0.25) is 9.80 Å². The normalized spacial score (nSPS) is 18.6. The second kappa shape index (κ2) is 15.6. The molecule has 0 aliphatic carbocycles. The first-order valence-electron chi connectivity index (χ1n) is 16.2.